The van der Waals surface area contributed by atoms with E-state index in [9.17, 15) is 14.4 Å². The van der Waals surface area contributed by atoms with Crippen LogP contribution in [0.25, 0.3) is 0 Å². The van der Waals surface area contributed by atoms with Crippen LogP contribution in [-0.4, -0.2) is 15.9 Å². The molecule has 0 bridgehead atoms. The van der Waals surface area contributed by atoms with E-state index < -0.39 is 11.2 Å². The molecule has 2 heterocycles. The number of carbonyl (C=O) groups excluding carboxylic acids is 1. The largest absolute Gasteiger partial charge is 0.348 e. The average molecular weight is 361 g/mol. The van der Waals surface area contributed by atoms with Crippen LogP contribution in [0.15, 0.2) is 27.1 Å². The SMILES string of the molecule is Cc1[nH]c(=O)[nH]c(=O)c1CCC(=O)N[C@H](c1cccs1)C1CCCC1. The fraction of sp³-hybridized carbons (Fsp3) is 0.500. The summed E-state index contributed by atoms with van der Waals surface area (Å²) in [5.74, 6) is 0.427. The van der Waals surface area contributed by atoms with Gasteiger partial charge in [-0.15, -0.1) is 11.3 Å². The second-order valence-corrected chi connectivity index (χ2v) is 7.60. The van der Waals surface area contributed by atoms with Gasteiger partial charge < -0.3 is 10.3 Å². The molecule has 0 aliphatic heterocycles. The summed E-state index contributed by atoms with van der Waals surface area (Å²) in [4.78, 5) is 41.6. The zero-order valence-corrected chi connectivity index (χ0v) is 15.1. The molecule has 6 nitrogen and oxygen atoms in total. The van der Waals surface area contributed by atoms with Crippen molar-refractivity contribution in [2.45, 2.75) is 51.5 Å². The first-order chi connectivity index (χ1) is 12.0. The standard InChI is InChI=1S/C18H23N3O3S/c1-11-13(17(23)21-18(24)19-11)8-9-15(22)20-16(12-5-2-3-6-12)14-7-4-10-25-14/h4,7,10,12,16H,2-3,5-6,8-9H2,1H3,(H,20,22)(H2,19,21,23,24)/t16-/m0/s1. The molecule has 1 atom stereocenters. The van der Waals surface area contributed by atoms with E-state index >= 15 is 0 Å². The van der Waals surface area contributed by atoms with Crippen LogP contribution in [0, 0.1) is 12.8 Å². The van der Waals surface area contributed by atoms with Crippen LogP contribution in [0.1, 0.15) is 54.3 Å². The maximum absolute atomic E-state index is 12.5. The molecule has 3 N–H and O–H groups in total. The summed E-state index contributed by atoms with van der Waals surface area (Å²) in [5.41, 5.74) is 0.0461. The highest BCUT2D eigenvalue weighted by Gasteiger charge is 2.28. The van der Waals surface area contributed by atoms with Gasteiger partial charge in [0.1, 0.15) is 0 Å². The van der Waals surface area contributed by atoms with Crippen LogP contribution < -0.4 is 16.6 Å². The van der Waals surface area contributed by atoms with E-state index in [1.807, 2.05) is 11.4 Å². The zero-order chi connectivity index (χ0) is 17.8. The first kappa shape index (κ1) is 17.7. The smallest absolute Gasteiger partial charge is 0.325 e. The molecule has 0 unspecified atom stereocenters. The topological polar surface area (TPSA) is 94.8 Å². The van der Waals surface area contributed by atoms with Crippen molar-refractivity contribution in [3.63, 3.8) is 0 Å². The highest BCUT2D eigenvalue weighted by atomic mass is 32.1. The van der Waals surface area contributed by atoms with Gasteiger partial charge in [0.05, 0.1) is 6.04 Å². The summed E-state index contributed by atoms with van der Waals surface area (Å²) < 4.78 is 0. The molecule has 2 aromatic heterocycles. The average Bonchev–Trinajstić information content (AvgIpc) is 3.25. The van der Waals surface area contributed by atoms with E-state index in [1.54, 1.807) is 18.3 Å². The number of aryl methyl sites for hydroxylation is 1. The Balaban J connectivity index is 1.66. The van der Waals surface area contributed by atoms with Gasteiger partial charge in [-0.1, -0.05) is 18.9 Å². The number of aromatic amines is 2. The number of nitrogens with one attached hydrogen (secondary N) is 3. The third-order valence-electron chi connectivity index (χ3n) is 4.89. The van der Waals surface area contributed by atoms with Crippen molar-refractivity contribution in [2.75, 3.05) is 0 Å². The Hall–Kier alpha value is -2.15. The highest BCUT2D eigenvalue weighted by molar-refractivity contribution is 7.10. The van der Waals surface area contributed by atoms with Gasteiger partial charge in [0.15, 0.2) is 0 Å². The van der Waals surface area contributed by atoms with Crippen LogP contribution in [0.3, 0.4) is 0 Å². The molecule has 1 saturated carbocycles. The van der Waals surface area contributed by atoms with Crippen LogP contribution in [0.5, 0.6) is 0 Å². The predicted molar refractivity (Wildman–Crippen MR) is 97.9 cm³/mol. The van der Waals surface area contributed by atoms with E-state index in [0.717, 1.165) is 12.8 Å². The Morgan fingerprint density at radius 1 is 1.32 bits per heavy atom. The minimum Gasteiger partial charge on any atom is -0.348 e. The van der Waals surface area contributed by atoms with E-state index in [-0.39, 0.29) is 18.4 Å². The molecule has 0 spiro atoms. The number of hydrogen-bond donors (Lipinski definition) is 3. The fourth-order valence-corrected chi connectivity index (χ4v) is 4.46. The monoisotopic (exact) mass is 361 g/mol. The normalized spacial score (nSPS) is 16.0. The van der Waals surface area contributed by atoms with Gasteiger partial charge in [-0.3, -0.25) is 14.6 Å². The van der Waals surface area contributed by atoms with Gasteiger partial charge in [0.2, 0.25) is 5.91 Å². The number of carbonyl (C=O) groups is 1. The van der Waals surface area contributed by atoms with E-state index in [0.29, 0.717) is 23.6 Å². The van der Waals surface area contributed by atoms with Crippen molar-refractivity contribution >= 4 is 17.2 Å². The molecule has 1 aliphatic carbocycles. The number of aromatic nitrogens is 2. The first-order valence-corrected chi connectivity index (χ1v) is 9.57. The summed E-state index contributed by atoms with van der Waals surface area (Å²) in [6.45, 7) is 1.68. The number of thiophene rings is 1. The number of hydrogen-bond acceptors (Lipinski definition) is 4. The minimum absolute atomic E-state index is 0.0599. The Bertz CT molecular complexity index is 832. The summed E-state index contributed by atoms with van der Waals surface area (Å²) in [6, 6.07) is 4.15. The molecule has 0 aromatic carbocycles. The van der Waals surface area contributed by atoms with E-state index in [1.165, 1.54) is 17.7 Å². The Labute approximate surface area is 149 Å². The van der Waals surface area contributed by atoms with Crippen LogP contribution in [0.2, 0.25) is 0 Å². The summed E-state index contributed by atoms with van der Waals surface area (Å²) >= 11 is 1.67. The lowest BCUT2D eigenvalue weighted by Crippen LogP contribution is -2.33. The van der Waals surface area contributed by atoms with Crippen molar-refractivity contribution in [1.29, 1.82) is 0 Å². The van der Waals surface area contributed by atoms with Crippen LogP contribution in [0.4, 0.5) is 0 Å². The van der Waals surface area contributed by atoms with E-state index in [4.69, 9.17) is 0 Å². The minimum atomic E-state index is -0.519. The van der Waals surface area contributed by atoms with Crippen LogP contribution in [-0.2, 0) is 11.2 Å². The maximum Gasteiger partial charge on any atom is 0.325 e. The van der Waals surface area contributed by atoms with Crippen molar-refractivity contribution in [2.24, 2.45) is 5.92 Å². The number of H-pyrrole nitrogens is 2. The lowest BCUT2D eigenvalue weighted by Gasteiger charge is -2.23. The maximum atomic E-state index is 12.5. The van der Waals surface area contributed by atoms with Crippen LogP contribution >= 0.6 is 11.3 Å². The van der Waals surface area contributed by atoms with Gasteiger partial charge >= 0.3 is 5.69 Å². The summed E-state index contributed by atoms with van der Waals surface area (Å²) in [6.07, 6.45) is 5.25. The van der Waals surface area contributed by atoms with E-state index in [2.05, 4.69) is 21.4 Å². The van der Waals surface area contributed by atoms with Gasteiger partial charge in [0, 0.05) is 22.6 Å². The predicted octanol–water partition coefficient (Wildman–Crippen LogP) is 2.41. The fourth-order valence-electron chi connectivity index (χ4n) is 3.59. The molecule has 7 heteroatoms. The number of rotatable bonds is 6. The zero-order valence-electron chi connectivity index (χ0n) is 14.3. The Kier molecular flexibility index (Phi) is 5.53. The lowest BCUT2D eigenvalue weighted by molar-refractivity contribution is -0.122. The molecule has 2 aromatic rings. The molecule has 3 rings (SSSR count). The summed E-state index contributed by atoms with van der Waals surface area (Å²) in [5, 5.41) is 5.20. The molecule has 25 heavy (non-hydrogen) atoms. The van der Waals surface area contributed by atoms with Crippen molar-refractivity contribution in [3.05, 3.63) is 54.5 Å². The molecular weight excluding hydrogens is 338 g/mol. The summed E-state index contributed by atoms with van der Waals surface area (Å²) in [7, 11) is 0. The first-order valence-electron chi connectivity index (χ1n) is 8.69. The quantitative estimate of drug-likeness (QED) is 0.737. The second-order valence-electron chi connectivity index (χ2n) is 6.62. The van der Waals surface area contributed by atoms with Crippen molar-refractivity contribution in [1.82, 2.24) is 15.3 Å². The Morgan fingerprint density at radius 3 is 2.72 bits per heavy atom. The molecule has 1 aliphatic rings. The highest BCUT2D eigenvalue weighted by Crippen LogP contribution is 2.37. The molecule has 0 radical (unpaired) electrons. The van der Waals surface area contributed by atoms with Crippen molar-refractivity contribution < 1.29 is 4.79 Å². The van der Waals surface area contributed by atoms with Gasteiger partial charge in [-0.2, -0.15) is 0 Å². The van der Waals surface area contributed by atoms with Gasteiger partial charge in [-0.05, 0) is 43.6 Å². The molecule has 1 fully saturated rings. The molecule has 0 saturated heterocycles. The molecule has 134 valence electrons. The Morgan fingerprint density at radius 2 is 2.08 bits per heavy atom. The van der Waals surface area contributed by atoms with Crippen molar-refractivity contribution in [3.8, 4) is 0 Å². The van der Waals surface area contributed by atoms with Gasteiger partial charge in [-0.25, -0.2) is 4.79 Å². The van der Waals surface area contributed by atoms with Gasteiger partial charge in [0.25, 0.3) is 5.56 Å². The molecular formula is C18H23N3O3S. The third-order valence-corrected chi connectivity index (χ3v) is 5.85. The second kappa shape index (κ2) is 7.82. The lowest BCUT2D eigenvalue weighted by atomic mass is 9.96. The molecule has 1 amide bonds. The third kappa shape index (κ3) is 4.28. The number of amides is 1.